The predicted octanol–water partition coefficient (Wildman–Crippen LogP) is 1.62. The van der Waals surface area contributed by atoms with E-state index in [0.29, 0.717) is 17.3 Å². The van der Waals surface area contributed by atoms with Crippen LogP contribution in [0.1, 0.15) is 16.1 Å². The molecule has 0 radical (unpaired) electrons. The minimum atomic E-state index is -0.317. The van der Waals surface area contributed by atoms with Crippen LogP contribution in [0.2, 0.25) is 0 Å². The Kier molecular flexibility index (Phi) is 3.38. The number of hydrogen-bond donors (Lipinski definition) is 1. The molecule has 1 amide bonds. The van der Waals surface area contributed by atoms with Gasteiger partial charge in [-0.2, -0.15) is 0 Å². The summed E-state index contributed by atoms with van der Waals surface area (Å²) in [6.07, 6.45) is 4.68. The molecule has 0 spiro atoms. The van der Waals surface area contributed by atoms with E-state index >= 15 is 0 Å². The van der Waals surface area contributed by atoms with Crippen molar-refractivity contribution in [1.82, 2.24) is 24.7 Å². The average molecular weight is 280 g/mol. The number of hydrogen-bond acceptors (Lipinski definition) is 5. The molecule has 0 saturated carbocycles. The first-order chi connectivity index (χ1) is 10.2. The summed E-state index contributed by atoms with van der Waals surface area (Å²) in [6, 6.07) is 8.81. The van der Waals surface area contributed by atoms with Crippen LogP contribution >= 0.6 is 0 Å². The van der Waals surface area contributed by atoms with Crippen molar-refractivity contribution in [3.05, 3.63) is 60.4 Å². The Morgan fingerprint density at radius 3 is 2.76 bits per heavy atom. The third-order valence-corrected chi connectivity index (χ3v) is 2.81. The Balaban J connectivity index is 1.83. The van der Waals surface area contributed by atoms with Crippen molar-refractivity contribution >= 4 is 11.7 Å². The number of nitrogens with one attached hydrogen (secondary N) is 1. The van der Waals surface area contributed by atoms with Crippen molar-refractivity contribution < 1.29 is 4.79 Å². The lowest BCUT2D eigenvalue weighted by Crippen LogP contribution is -2.15. The molecular formula is C14H12N6O. The molecular weight excluding hydrogens is 268 g/mol. The summed E-state index contributed by atoms with van der Waals surface area (Å²) in [5.41, 5.74) is 1.32. The third kappa shape index (κ3) is 2.92. The normalized spacial score (nSPS) is 10.3. The van der Waals surface area contributed by atoms with E-state index in [4.69, 9.17) is 0 Å². The molecule has 7 heteroatoms. The number of nitrogens with zero attached hydrogens (tertiary/aromatic N) is 5. The highest BCUT2D eigenvalue weighted by molar-refractivity contribution is 6.02. The number of carbonyl (C=O) groups excluding carboxylic acids is 1. The summed E-state index contributed by atoms with van der Waals surface area (Å²) < 4.78 is 1.63. The summed E-state index contributed by atoms with van der Waals surface area (Å²) in [5.74, 6) is 0.754. The standard InChI is InChI=1S/C14H12N6O/c1-10-5-6-15-12(7-10)19-14(21)11-3-2-4-13(18-11)20-8-16-17-9-20/h2-9H,1H3,(H,15,19,21). The molecule has 3 heterocycles. The Morgan fingerprint density at radius 2 is 2.00 bits per heavy atom. The van der Waals surface area contributed by atoms with Crippen LogP contribution in [0, 0.1) is 6.92 Å². The molecule has 0 unspecified atom stereocenters. The molecule has 0 saturated heterocycles. The van der Waals surface area contributed by atoms with Crippen molar-refractivity contribution in [2.75, 3.05) is 5.32 Å². The van der Waals surface area contributed by atoms with Gasteiger partial charge < -0.3 is 5.32 Å². The zero-order valence-corrected chi connectivity index (χ0v) is 11.3. The molecule has 0 aromatic carbocycles. The second-order valence-electron chi connectivity index (χ2n) is 4.42. The number of aryl methyl sites for hydroxylation is 1. The van der Waals surface area contributed by atoms with E-state index in [9.17, 15) is 4.79 Å². The molecule has 3 aromatic rings. The first kappa shape index (κ1) is 12.9. The monoisotopic (exact) mass is 280 g/mol. The van der Waals surface area contributed by atoms with Crippen LogP contribution in [-0.4, -0.2) is 30.6 Å². The molecule has 0 aliphatic carbocycles. The molecule has 21 heavy (non-hydrogen) atoms. The van der Waals surface area contributed by atoms with Gasteiger partial charge in [0.05, 0.1) is 0 Å². The lowest BCUT2D eigenvalue weighted by Gasteiger charge is -2.06. The van der Waals surface area contributed by atoms with Crippen LogP contribution in [-0.2, 0) is 0 Å². The van der Waals surface area contributed by atoms with Crippen LogP contribution in [0.15, 0.2) is 49.2 Å². The van der Waals surface area contributed by atoms with E-state index in [1.165, 1.54) is 12.7 Å². The molecule has 0 bridgehead atoms. The third-order valence-electron chi connectivity index (χ3n) is 2.81. The average Bonchev–Trinajstić information content (AvgIpc) is 3.02. The Bertz CT molecular complexity index is 769. The van der Waals surface area contributed by atoms with Crippen LogP contribution in [0.5, 0.6) is 0 Å². The van der Waals surface area contributed by atoms with Gasteiger partial charge in [0.15, 0.2) is 0 Å². The molecule has 3 aromatic heterocycles. The van der Waals surface area contributed by atoms with E-state index < -0.39 is 0 Å². The van der Waals surface area contributed by atoms with Gasteiger partial charge in [0.2, 0.25) is 0 Å². The van der Waals surface area contributed by atoms with Crippen molar-refractivity contribution in [2.24, 2.45) is 0 Å². The quantitative estimate of drug-likeness (QED) is 0.788. The van der Waals surface area contributed by atoms with Gasteiger partial charge in [0, 0.05) is 6.20 Å². The van der Waals surface area contributed by atoms with Gasteiger partial charge in [-0.3, -0.25) is 9.36 Å². The maximum atomic E-state index is 12.2. The van der Waals surface area contributed by atoms with Crippen LogP contribution in [0.3, 0.4) is 0 Å². The van der Waals surface area contributed by atoms with Gasteiger partial charge in [-0.1, -0.05) is 6.07 Å². The van der Waals surface area contributed by atoms with E-state index in [-0.39, 0.29) is 5.91 Å². The highest BCUT2D eigenvalue weighted by Crippen LogP contribution is 2.09. The summed E-state index contributed by atoms with van der Waals surface area (Å²) in [5, 5.41) is 10.1. The molecule has 7 nitrogen and oxygen atoms in total. The second-order valence-corrected chi connectivity index (χ2v) is 4.42. The van der Waals surface area contributed by atoms with Crippen LogP contribution in [0.25, 0.3) is 5.82 Å². The zero-order chi connectivity index (χ0) is 14.7. The van der Waals surface area contributed by atoms with E-state index in [1.807, 2.05) is 13.0 Å². The highest BCUT2D eigenvalue weighted by atomic mass is 16.1. The Labute approximate surface area is 120 Å². The zero-order valence-electron chi connectivity index (χ0n) is 11.3. The summed E-state index contributed by atoms with van der Waals surface area (Å²) >= 11 is 0. The fourth-order valence-electron chi connectivity index (χ4n) is 1.80. The van der Waals surface area contributed by atoms with Gasteiger partial charge >= 0.3 is 0 Å². The number of carbonyl (C=O) groups is 1. The van der Waals surface area contributed by atoms with Gasteiger partial charge in [0.25, 0.3) is 5.91 Å². The van der Waals surface area contributed by atoms with Crippen LogP contribution < -0.4 is 5.32 Å². The maximum absolute atomic E-state index is 12.2. The first-order valence-corrected chi connectivity index (χ1v) is 6.28. The number of amides is 1. The van der Waals surface area contributed by atoms with Crippen molar-refractivity contribution in [2.45, 2.75) is 6.92 Å². The lowest BCUT2D eigenvalue weighted by molar-refractivity contribution is 0.102. The largest absolute Gasteiger partial charge is 0.305 e. The Morgan fingerprint density at radius 1 is 1.19 bits per heavy atom. The molecule has 0 aliphatic heterocycles. The molecule has 1 N–H and O–H groups in total. The first-order valence-electron chi connectivity index (χ1n) is 6.28. The number of aromatic nitrogens is 5. The van der Waals surface area contributed by atoms with E-state index in [2.05, 4.69) is 25.5 Å². The molecule has 0 aliphatic rings. The van der Waals surface area contributed by atoms with E-state index in [0.717, 1.165) is 5.56 Å². The number of anilines is 1. The fourth-order valence-corrected chi connectivity index (χ4v) is 1.80. The van der Waals surface area contributed by atoms with Gasteiger partial charge in [-0.15, -0.1) is 10.2 Å². The van der Waals surface area contributed by atoms with Gasteiger partial charge in [-0.25, -0.2) is 9.97 Å². The fraction of sp³-hybridized carbons (Fsp3) is 0.0714. The molecule has 104 valence electrons. The lowest BCUT2D eigenvalue weighted by atomic mass is 10.3. The van der Waals surface area contributed by atoms with Gasteiger partial charge in [-0.05, 0) is 36.8 Å². The van der Waals surface area contributed by atoms with Crippen molar-refractivity contribution in [1.29, 1.82) is 0 Å². The number of pyridine rings is 2. The second kappa shape index (κ2) is 5.49. The highest BCUT2D eigenvalue weighted by Gasteiger charge is 2.10. The summed E-state index contributed by atoms with van der Waals surface area (Å²) in [6.45, 7) is 1.93. The minimum absolute atomic E-state index is 0.296. The SMILES string of the molecule is Cc1ccnc(NC(=O)c2cccc(-n3cnnc3)n2)c1. The van der Waals surface area contributed by atoms with E-state index in [1.54, 1.807) is 35.0 Å². The maximum Gasteiger partial charge on any atom is 0.275 e. The predicted molar refractivity (Wildman–Crippen MR) is 76.1 cm³/mol. The summed E-state index contributed by atoms with van der Waals surface area (Å²) in [4.78, 5) is 20.6. The number of rotatable bonds is 3. The Hall–Kier alpha value is -3.09. The van der Waals surface area contributed by atoms with Crippen LogP contribution in [0.4, 0.5) is 5.82 Å². The van der Waals surface area contributed by atoms with Crippen molar-refractivity contribution in [3.63, 3.8) is 0 Å². The smallest absolute Gasteiger partial charge is 0.275 e. The summed E-state index contributed by atoms with van der Waals surface area (Å²) in [7, 11) is 0. The molecule has 0 atom stereocenters. The molecule has 0 fully saturated rings. The molecule has 3 rings (SSSR count). The topological polar surface area (TPSA) is 85.6 Å². The van der Waals surface area contributed by atoms with Gasteiger partial charge in [0.1, 0.15) is 30.0 Å². The van der Waals surface area contributed by atoms with Crippen molar-refractivity contribution in [3.8, 4) is 5.82 Å². The minimum Gasteiger partial charge on any atom is -0.305 e.